The third-order valence-corrected chi connectivity index (χ3v) is 5.82. The summed E-state index contributed by atoms with van der Waals surface area (Å²) in [4.78, 5) is 0. The summed E-state index contributed by atoms with van der Waals surface area (Å²) in [5, 5.41) is 0. The summed E-state index contributed by atoms with van der Waals surface area (Å²) in [6, 6.07) is 19.8. The minimum atomic E-state index is -1.07. The monoisotopic (exact) mass is 403 g/mol. The Labute approximate surface area is 177 Å². The van der Waals surface area contributed by atoms with Gasteiger partial charge in [-0.3, -0.25) is 0 Å². The fourth-order valence-electron chi connectivity index (χ4n) is 4.35. The Bertz CT molecular complexity index is 1090. The number of aryl methyl sites for hydroxylation is 2. The van der Waals surface area contributed by atoms with E-state index in [1.165, 1.54) is 18.1 Å². The molecule has 0 saturated heterocycles. The molecule has 30 heavy (non-hydrogen) atoms. The van der Waals surface area contributed by atoms with E-state index in [1.807, 2.05) is 12.1 Å². The van der Waals surface area contributed by atoms with Crippen molar-refractivity contribution in [3.63, 3.8) is 0 Å². The first kappa shape index (κ1) is 20.3. The molecule has 2 N–H and O–H groups in total. The van der Waals surface area contributed by atoms with Crippen LogP contribution in [0.4, 0.5) is 14.5 Å². The van der Waals surface area contributed by atoms with Crippen LogP contribution in [0.25, 0.3) is 11.1 Å². The average molecular weight is 404 g/mol. The van der Waals surface area contributed by atoms with Gasteiger partial charge in [0, 0.05) is 12.1 Å². The fraction of sp³-hybridized carbons (Fsp3) is 0.259. The van der Waals surface area contributed by atoms with Crippen molar-refractivity contribution in [1.82, 2.24) is 0 Å². The van der Waals surface area contributed by atoms with Crippen LogP contribution in [-0.4, -0.2) is 6.17 Å². The molecule has 154 valence electrons. The molecule has 4 rings (SSSR count). The summed E-state index contributed by atoms with van der Waals surface area (Å²) in [5.41, 5.74) is 15.1. The second kappa shape index (κ2) is 8.43. The molecule has 0 aliphatic heterocycles. The molecule has 0 spiro atoms. The zero-order chi connectivity index (χ0) is 21.3. The number of fused-ring (bicyclic) bond motifs is 1. The van der Waals surface area contributed by atoms with Crippen LogP contribution in [0.2, 0.25) is 0 Å². The molecule has 0 fully saturated rings. The molecule has 1 aliphatic carbocycles. The second-order valence-corrected chi connectivity index (χ2v) is 8.28. The van der Waals surface area contributed by atoms with E-state index in [1.54, 1.807) is 12.1 Å². The summed E-state index contributed by atoms with van der Waals surface area (Å²) >= 11 is 0. The van der Waals surface area contributed by atoms with E-state index in [9.17, 15) is 8.78 Å². The number of nitrogen functional groups attached to an aromatic ring is 1. The van der Waals surface area contributed by atoms with Crippen molar-refractivity contribution >= 4 is 16.8 Å². The molecule has 0 radical (unpaired) electrons. The predicted molar refractivity (Wildman–Crippen MR) is 122 cm³/mol. The Hall–Kier alpha value is -2.94. The van der Waals surface area contributed by atoms with E-state index >= 15 is 0 Å². The van der Waals surface area contributed by atoms with Gasteiger partial charge in [0.15, 0.2) is 0 Å². The summed E-state index contributed by atoms with van der Waals surface area (Å²) in [6.45, 7) is 3.53. The van der Waals surface area contributed by atoms with Crippen LogP contribution in [-0.2, 0) is 12.8 Å². The normalized spacial score (nSPS) is 14.9. The first-order valence-electron chi connectivity index (χ1n) is 10.5. The number of rotatable bonds is 4. The number of alkyl halides is 1. The smallest absolute Gasteiger partial charge is 0.127 e. The van der Waals surface area contributed by atoms with E-state index in [2.05, 4.69) is 43.3 Å². The maximum Gasteiger partial charge on any atom is 0.127 e. The molecule has 3 heteroatoms. The van der Waals surface area contributed by atoms with Crippen molar-refractivity contribution in [1.29, 1.82) is 0 Å². The third kappa shape index (κ3) is 4.16. The number of nitrogens with two attached hydrogens (primary N) is 1. The zero-order valence-electron chi connectivity index (χ0n) is 17.5. The number of anilines is 1. The number of halogens is 2. The van der Waals surface area contributed by atoms with Crippen LogP contribution in [0.1, 0.15) is 53.1 Å². The average Bonchev–Trinajstić information content (AvgIpc) is 2.89. The van der Waals surface area contributed by atoms with Crippen LogP contribution in [0.15, 0.2) is 60.7 Å². The van der Waals surface area contributed by atoms with Gasteiger partial charge in [-0.15, -0.1) is 0 Å². The van der Waals surface area contributed by atoms with Gasteiger partial charge in [-0.25, -0.2) is 8.78 Å². The molecule has 3 aromatic rings. The minimum absolute atomic E-state index is 0.0953. The molecule has 3 aromatic carbocycles. The Morgan fingerprint density at radius 1 is 0.933 bits per heavy atom. The second-order valence-electron chi connectivity index (χ2n) is 8.28. The third-order valence-electron chi connectivity index (χ3n) is 5.82. The van der Waals surface area contributed by atoms with Crippen molar-refractivity contribution in [2.45, 2.75) is 45.7 Å². The molecule has 1 unspecified atom stereocenters. The van der Waals surface area contributed by atoms with Gasteiger partial charge in [-0.05, 0) is 90.3 Å². The lowest BCUT2D eigenvalue weighted by Gasteiger charge is -2.18. The molecular formula is C27H27F2N. The predicted octanol–water partition coefficient (Wildman–Crippen LogP) is 6.91. The SMILES string of the molecule is Cc1ccc(C2=C(c3ccc(CC(C)F)c(F)c3)CCCc3cc(N)ccc32)cc1. The highest BCUT2D eigenvalue weighted by atomic mass is 19.1. The van der Waals surface area contributed by atoms with Crippen molar-refractivity contribution in [2.24, 2.45) is 0 Å². The van der Waals surface area contributed by atoms with Crippen molar-refractivity contribution in [3.05, 3.63) is 99.9 Å². The Morgan fingerprint density at radius 3 is 2.37 bits per heavy atom. The summed E-state index contributed by atoms with van der Waals surface area (Å²) in [5.74, 6) is -0.338. The lowest BCUT2D eigenvalue weighted by molar-refractivity contribution is 0.356. The standard InChI is InChI=1S/C27H27F2N/c1-17-6-8-19(9-7-17)27-24(5-3-4-20-15-23(30)12-13-25(20)27)21-10-11-22(14-18(2)28)26(29)16-21/h6-13,15-16,18H,3-5,14,30H2,1-2H3. The molecule has 1 atom stereocenters. The first-order valence-corrected chi connectivity index (χ1v) is 10.5. The van der Waals surface area contributed by atoms with Gasteiger partial charge in [-0.2, -0.15) is 0 Å². The fourth-order valence-corrected chi connectivity index (χ4v) is 4.35. The number of hydrogen-bond donors (Lipinski definition) is 1. The van der Waals surface area contributed by atoms with Crippen molar-refractivity contribution in [2.75, 3.05) is 5.73 Å². The van der Waals surface area contributed by atoms with Crippen molar-refractivity contribution < 1.29 is 8.78 Å². The highest BCUT2D eigenvalue weighted by molar-refractivity contribution is 6.00. The maximum atomic E-state index is 14.8. The van der Waals surface area contributed by atoms with Gasteiger partial charge in [0.05, 0.1) is 0 Å². The van der Waals surface area contributed by atoms with Gasteiger partial charge in [0.1, 0.15) is 12.0 Å². The molecule has 0 saturated carbocycles. The minimum Gasteiger partial charge on any atom is -0.399 e. The molecule has 0 bridgehead atoms. The Balaban J connectivity index is 1.92. The van der Waals surface area contributed by atoms with Gasteiger partial charge in [0.2, 0.25) is 0 Å². The molecular weight excluding hydrogens is 376 g/mol. The van der Waals surface area contributed by atoms with Gasteiger partial charge >= 0.3 is 0 Å². The number of allylic oxidation sites excluding steroid dienone is 1. The van der Waals surface area contributed by atoms with Crippen LogP contribution in [0.3, 0.4) is 0 Å². The van der Waals surface area contributed by atoms with Gasteiger partial charge in [0.25, 0.3) is 0 Å². The Morgan fingerprint density at radius 2 is 1.67 bits per heavy atom. The van der Waals surface area contributed by atoms with Crippen LogP contribution in [0.5, 0.6) is 0 Å². The molecule has 0 amide bonds. The number of benzene rings is 3. The van der Waals surface area contributed by atoms with Crippen LogP contribution >= 0.6 is 0 Å². The lowest BCUT2D eigenvalue weighted by Crippen LogP contribution is -2.02. The van der Waals surface area contributed by atoms with Gasteiger partial charge < -0.3 is 5.73 Å². The molecule has 0 aromatic heterocycles. The van der Waals surface area contributed by atoms with E-state index in [-0.39, 0.29) is 12.2 Å². The number of hydrogen-bond acceptors (Lipinski definition) is 1. The highest BCUT2D eigenvalue weighted by Gasteiger charge is 2.21. The highest BCUT2D eigenvalue weighted by Crippen LogP contribution is 2.40. The summed E-state index contributed by atoms with van der Waals surface area (Å²) in [6.07, 6.45) is 1.77. The first-order chi connectivity index (χ1) is 14.4. The topological polar surface area (TPSA) is 26.0 Å². The lowest BCUT2D eigenvalue weighted by atomic mass is 9.87. The van der Waals surface area contributed by atoms with E-state index in [4.69, 9.17) is 5.73 Å². The van der Waals surface area contributed by atoms with Crippen LogP contribution < -0.4 is 5.73 Å². The van der Waals surface area contributed by atoms with E-state index < -0.39 is 6.17 Å². The van der Waals surface area contributed by atoms with Gasteiger partial charge in [-0.1, -0.05) is 48.0 Å². The zero-order valence-corrected chi connectivity index (χ0v) is 17.5. The largest absolute Gasteiger partial charge is 0.399 e. The van der Waals surface area contributed by atoms with Crippen molar-refractivity contribution in [3.8, 4) is 0 Å². The van der Waals surface area contributed by atoms with E-state index in [0.29, 0.717) is 5.56 Å². The summed E-state index contributed by atoms with van der Waals surface area (Å²) in [7, 11) is 0. The Kier molecular flexibility index (Phi) is 5.72. The maximum absolute atomic E-state index is 14.8. The molecule has 1 aliphatic rings. The quantitative estimate of drug-likeness (QED) is 0.471. The summed E-state index contributed by atoms with van der Waals surface area (Å²) < 4.78 is 28.2. The molecule has 1 nitrogen and oxygen atoms in total. The molecule has 0 heterocycles. The van der Waals surface area contributed by atoms with Crippen LogP contribution in [0, 0.1) is 12.7 Å². The van der Waals surface area contributed by atoms with E-state index in [0.717, 1.165) is 52.8 Å².